The van der Waals surface area contributed by atoms with Crippen LogP contribution in [0.25, 0.3) is 6.08 Å². The molecule has 2 aromatic carbocycles. The Bertz CT molecular complexity index is 2110. The molecule has 58 heavy (non-hydrogen) atoms. The van der Waals surface area contributed by atoms with E-state index in [1.165, 1.54) is 25.4 Å². The van der Waals surface area contributed by atoms with E-state index < -0.39 is 41.8 Å². The van der Waals surface area contributed by atoms with Gasteiger partial charge in [0.05, 0.1) is 43.4 Å². The topological polar surface area (TPSA) is 147 Å². The highest BCUT2D eigenvalue weighted by molar-refractivity contribution is 6.23. The molecular weight excluding hydrogens is 755 g/mol. The number of nitrogens with one attached hydrogen (secondary N) is 2. The van der Waals surface area contributed by atoms with E-state index in [1.54, 1.807) is 30.2 Å². The van der Waals surface area contributed by atoms with E-state index in [2.05, 4.69) is 22.2 Å². The van der Waals surface area contributed by atoms with Crippen molar-refractivity contribution in [2.24, 2.45) is 11.8 Å². The van der Waals surface area contributed by atoms with Crippen LogP contribution < -0.4 is 20.1 Å². The molecule has 1 unspecified atom stereocenters. The molecule has 0 bridgehead atoms. The van der Waals surface area contributed by atoms with Crippen molar-refractivity contribution < 1.29 is 46.6 Å². The Labute approximate surface area is 334 Å². The Balaban J connectivity index is 0.948. The van der Waals surface area contributed by atoms with Gasteiger partial charge in [0.1, 0.15) is 23.2 Å². The minimum absolute atomic E-state index is 0.000956. The highest BCUT2D eigenvalue weighted by Gasteiger charge is 2.44. The average molecular weight is 802 g/mol. The fourth-order valence-electron chi connectivity index (χ4n) is 7.43. The Morgan fingerprint density at radius 2 is 1.76 bits per heavy atom. The third-order valence-electron chi connectivity index (χ3n) is 10.8. The predicted molar refractivity (Wildman–Crippen MR) is 208 cm³/mol. The van der Waals surface area contributed by atoms with Gasteiger partial charge in [-0.25, -0.2) is 4.98 Å². The van der Waals surface area contributed by atoms with Crippen LogP contribution >= 0.6 is 0 Å². The molecule has 306 valence electrons. The van der Waals surface area contributed by atoms with Gasteiger partial charge >= 0.3 is 6.18 Å². The van der Waals surface area contributed by atoms with Gasteiger partial charge in [-0.2, -0.15) is 13.2 Å². The van der Waals surface area contributed by atoms with Gasteiger partial charge in [-0.1, -0.05) is 43.0 Å². The van der Waals surface area contributed by atoms with Crippen LogP contribution in [0.4, 0.5) is 13.2 Å². The fourth-order valence-corrected chi connectivity index (χ4v) is 7.43. The van der Waals surface area contributed by atoms with E-state index in [-0.39, 0.29) is 61.1 Å². The maximum Gasteiger partial charge on any atom is 0.391 e. The van der Waals surface area contributed by atoms with Crippen LogP contribution in [0, 0.1) is 11.8 Å². The highest BCUT2D eigenvalue weighted by atomic mass is 19.4. The summed E-state index contributed by atoms with van der Waals surface area (Å²) in [6.45, 7) is 4.57. The summed E-state index contributed by atoms with van der Waals surface area (Å²) < 4.78 is 50.5. The Morgan fingerprint density at radius 1 is 1.02 bits per heavy atom. The van der Waals surface area contributed by atoms with E-state index in [1.807, 2.05) is 30.3 Å². The maximum atomic E-state index is 13.1. The molecule has 3 aromatic rings. The average Bonchev–Trinajstić information content (AvgIpc) is 3.45. The van der Waals surface area contributed by atoms with Crippen molar-refractivity contribution in [1.82, 2.24) is 25.4 Å². The van der Waals surface area contributed by atoms with Crippen LogP contribution in [-0.2, 0) is 22.6 Å². The minimum Gasteiger partial charge on any atom is -0.495 e. The summed E-state index contributed by atoms with van der Waals surface area (Å²) in [5, 5.41) is 5.47. The van der Waals surface area contributed by atoms with Crippen molar-refractivity contribution in [1.29, 1.82) is 0 Å². The van der Waals surface area contributed by atoms with Gasteiger partial charge in [-0.15, -0.1) is 0 Å². The first kappa shape index (κ1) is 41.6. The standard InChI is InChI=1S/C43H46F3N5O7/c1-26-8-17-36(40(54)49-26)51-41(55)33-16-15-32(23-34(33)42(51)56)58-19-5-18-50(2)38(52)21-28-6-4-7-29(20-28)24-48-39(53)35-22-30(37(57-3)25-47-35)12-9-27-10-13-31(14-11-27)43(44,45)46/h4,6-7,9,12,15-16,20,22-23,25,27,31,36H,1,5,8,10-11,13-14,17-19,21,24H2,2-3H3,(H,48,53)(H,49,54)/b12-9+/t27-,31-,36?. The van der Waals surface area contributed by atoms with Gasteiger partial charge in [-0.05, 0) is 86.3 Å². The number of piperidine rings is 1. The molecule has 2 fully saturated rings. The lowest BCUT2D eigenvalue weighted by Gasteiger charge is -2.29. The number of hydrogen-bond acceptors (Lipinski definition) is 8. The minimum atomic E-state index is -4.16. The van der Waals surface area contributed by atoms with E-state index in [9.17, 15) is 37.1 Å². The number of amides is 5. The zero-order valence-electron chi connectivity index (χ0n) is 32.4. The summed E-state index contributed by atoms with van der Waals surface area (Å²) in [7, 11) is 3.17. The SMILES string of the molecule is C=C1CCC(N2C(=O)c3ccc(OCCCN(C)C(=O)Cc4cccc(CNC(=O)c5cc(/C=C/[C@H]6CC[C@H](C(F)(F)F)CC6)c(OC)cn5)c4)cc3C2=O)C(=O)N1. The monoisotopic (exact) mass is 801 g/mol. The Hall–Kier alpha value is -5.99. The molecule has 3 aliphatic rings. The lowest BCUT2D eigenvalue weighted by Crippen LogP contribution is -2.51. The van der Waals surface area contributed by atoms with Crippen molar-refractivity contribution >= 4 is 35.6 Å². The first-order valence-electron chi connectivity index (χ1n) is 19.2. The summed E-state index contributed by atoms with van der Waals surface area (Å²) in [6.07, 6.45) is 3.41. The number of ether oxygens (including phenoxy) is 2. The van der Waals surface area contributed by atoms with Crippen LogP contribution in [0.2, 0.25) is 0 Å². The number of aromatic nitrogens is 1. The molecule has 2 N–H and O–H groups in total. The van der Waals surface area contributed by atoms with E-state index >= 15 is 0 Å². The molecule has 1 saturated carbocycles. The largest absolute Gasteiger partial charge is 0.495 e. The third kappa shape index (κ3) is 9.93. The number of benzene rings is 2. The number of rotatable bonds is 14. The van der Waals surface area contributed by atoms with Crippen molar-refractivity contribution in [2.75, 3.05) is 27.3 Å². The van der Waals surface area contributed by atoms with E-state index in [4.69, 9.17) is 9.47 Å². The smallest absolute Gasteiger partial charge is 0.391 e. The summed E-state index contributed by atoms with van der Waals surface area (Å²) in [5.41, 5.74) is 3.24. The fraction of sp³-hybridized carbons (Fsp3) is 0.395. The number of methoxy groups -OCH3 is 1. The lowest BCUT2D eigenvalue weighted by atomic mass is 9.81. The third-order valence-corrected chi connectivity index (χ3v) is 10.8. The van der Waals surface area contributed by atoms with Gasteiger partial charge in [0.2, 0.25) is 11.8 Å². The molecule has 1 atom stereocenters. The van der Waals surface area contributed by atoms with Crippen molar-refractivity contribution in [2.45, 2.75) is 70.1 Å². The number of alkyl halides is 3. The molecule has 5 amide bonds. The molecule has 3 heterocycles. The summed E-state index contributed by atoms with van der Waals surface area (Å²) in [4.78, 5) is 71.6. The quantitative estimate of drug-likeness (QED) is 0.144. The van der Waals surface area contributed by atoms with Gasteiger partial charge in [0.15, 0.2) is 0 Å². The number of imide groups is 1. The Kier molecular flexibility index (Phi) is 13.0. The number of halogens is 3. The number of hydrogen-bond donors (Lipinski definition) is 2. The second-order valence-electron chi connectivity index (χ2n) is 14.9. The number of carbonyl (C=O) groups excluding carboxylic acids is 5. The molecule has 0 spiro atoms. The van der Waals surface area contributed by atoms with E-state index in [0.29, 0.717) is 61.4 Å². The zero-order chi connectivity index (χ0) is 41.6. The maximum absolute atomic E-state index is 13.1. The van der Waals surface area contributed by atoms with E-state index in [0.717, 1.165) is 16.0 Å². The number of allylic oxidation sites excluding steroid dienone is 2. The number of likely N-dealkylation sites (N-methyl/N-ethyl adjacent to an activating group) is 1. The van der Waals surface area contributed by atoms with Crippen LogP contribution in [-0.4, -0.2) is 83.8 Å². The normalized spacial score (nSPS) is 19.5. The Morgan fingerprint density at radius 3 is 2.48 bits per heavy atom. The molecule has 1 aliphatic carbocycles. The second kappa shape index (κ2) is 18.1. The molecule has 2 aliphatic heterocycles. The molecular formula is C43H46F3N5O7. The molecule has 15 heteroatoms. The molecule has 1 saturated heterocycles. The summed E-state index contributed by atoms with van der Waals surface area (Å²) >= 11 is 0. The lowest BCUT2D eigenvalue weighted by molar-refractivity contribution is -0.183. The number of nitrogens with zero attached hydrogens (tertiary/aromatic N) is 3. The molecule has 0 radical (unpaired) electrons. The van der Waals surface area contributed by atoms with Crippen molar-refractivity contribution in [3.05, 3.63) is 107 Å². The van der Waals surface area contributed by atoms with Crippen LogP contribution in [0.1, 0.15) is 92.8 Å². The number of pyridine rings is 1. The van der Waals surface area contributed by atoms with Gasteiger partial charge in [0, 0.05) is 31.4 Å². The molecule has 1 aromatic heterocycles. The molecule has 6 rings (SSSR count). The first-order chi connectivity index (χ1) is 27.7. The number of fused-ring (bicyclic) bond motifs is 1. The predicted octanol–water partition coefficient (Wildman–Crippen LogP) is 6.26. The summed E-state index contributed by atoms with van der Waals surface area (Å²) in [5.74, 6) is -2.46. The number of carbonyl (C=O) groups is 5. The van der Waals surface area contributed by atoms with Crippen molar-refractivity contribution in [3.63, 3.8) is 0 Å². The van der Waals surface area contributed by atoms with Crippen LogP contribution in [0.15, 0.2) is 73.1 Å². The molecule has 12 nitrogen and oxygen atoms in total. The highest BCUT2D eigenvalue weighted by Crippen LogP contribution is 2.40. The zero-order valence-corrected chi connectivity index (χ0v) is 32.4. The van der Waals surface area contributed by atoms with Crippen LogP contribution in [0.3, 0.4) is 0 Å². The van der Waals surface area contributed by atoms with Gasteiger partial charge in [-0.3, -0.25) is 28.9 Å². The van der Waals surface area contributed by atoms with Crippen molar-refractivity contribution in [3.8, 4) is 11.5 Å². The van der Waals surface area contributed by atoms with Gasteiger partial charge < -0.3 is 25.0 Å². The van der Waals surface area contributed by atoms with Crippen LogP contribution in [0.5, 0.6) is 11.5 Å². The second-order valence-corrected chi connectivity index (χ2v) is 14.9. The first-order valence-corrected chi connectivity index (χ1v) is 19.2. The summed E-state index contributed by atoms with van der Waals surface area (Å²) in [6, 6.07) is 12.6. The van der Waals surface area contributed by atoms with Gasteiger partial charge in [0.25, 0.3) is 17.7 Å².